The van der Waals surface area contributed by atoms with E-state index in [0.717, 1.165) is 14.2 Å². The van der Waals surface area contributed by atoms with E-state index in [9.17, 15) is 45.5 Å². The van der Waals surface area contributed by atoms with E-state index in [2.05, 4.69) is 9.47 Å². The zero-order valence-corrected chi connectivity index (χ0v) is 16.8. The van der Waals surface area contributed by atoms with Crippen LogP contribution < -0.4 is 0 Å². The summed E-state index contributed by atoms with van der Waals surface area (Å²) in [6.07, 6.45) is -9.19. The minimum absolute atomic E-state index is 0.164. The SMILES string of the molecule is COC(=O)c1sc(C(=O)O)cc1C(F)(F)F.COC(=O)c1sc(C=O)cc1C(F)(F)F. The fourth-order valence-corrected chi connectivity index (χ4v) is 3.72. The van der Waals surface area contributed by atoms with E-state index >= 15 is 0 Å². The van der Waals surface area contributed by atoms with Crippen LogP contribution in [0.5, 0.6) is 0 Å². The standard InChI is InChI=1S/C8H5F3O4S.C8H5F3O3S/c1-15-7(14)5-3(8(9,10)11)2-4(16-5)6(12)13;1-14-7(13)6-5(8(9,10)11)2-4(3-12)15-6/h2H,1H3,(H,12,13);2-3H,1H3. The molecule has 0 aromatic carbocycles. The summed E-state index contributed by atoms with van der Waals surface area (Å²) in [4.78, 5) is 40.7. The molecule has 0 aliphatic rings. The van der Waals surface area contributed by atoms with Crippen LogP contribution in [0, 0.1) is 0 Å². The van der Waals surface area contributed by atoms with Crippen LogP contribution in [0.2, 0.25) is 0 Å². The number of carbonyl (C=O) groups is 4. The van der Waals surface area contributed by atoms with Crippen LogP contribution in [-0.4, -0.2) is 43.5 Å². The number of carboxylic acids is 1. The van der Waals surface area contributed by atoms with Crippen molar-refractivity contribution in [1.82, 2.24) is 0 Å². The first kappa shape index (κ1) is 26.1. The molecule has 0 saturated heterocycles. The number of carbonyl (C=O) groups excluding carboxylic acids is 3. The first-order chi connectivity index (χ1) is 14.2. The smallest absolute Gasteiger partial charge is 0.418 e. The number of aromatic carboxylic acids is 1. The molecular weight excluding hydrogens is 482 g/mol. The Labute approximate surface area is 176 Å². The van der Waals surface area contributed by atoms with Crippen LogP contribution in [0.1, 0.15) is 49.8 Å². The Morgan fingerprint density at radius 1 is 0.871 bits per heavy atom. The van der Waals surface area contributed by atoms with Crippen molar-refractivity contribution < 1.29 is 60.1 Å². The molecule has 0 unspecified atom stereocenters. The van der Waals surface area contributed by atoms with E-state index in [-0.39, 0.29) is 22.5 Å². The Bertz CT molecular complexity index is 988. The summed E-state index contributed by atoms with van der Waals surface area (Å²) in [5, 5.41) is 8.53. The topological polar surface area (TPSA) is 107 Å². The summed E-state index contributed by atoms with van der Waals surface area (Å²) in [5.74, 6) is -3.82. The lowest BCUT2D eigenvalue weighted by Crippen LogP contribution is -2.10. The van der Waals surface area contributed by atoms with Gasteiger partial charge in [-0.25, -0.2) is 14.4 Å². The van der Waals surface area contributed by atoms with Gasteiger partial charge in [0, 0.05) is 0 Å². The first-order valence-electron chi connectivity index (χ1n) is 7.44. The molecule has 15 heteroatoms. The number of ether oxygens (including phenoxy) is 2. The Balaban J connectivity index is 0.000000311. The number of hydrogen-bond donors (Lipinski definition) is 1. The van der Waals surface area contributed by atoms with E-state index < -0.39 is 56.0 Å². The van der Waals surface area contributed by atoms with Crippen molar-refractivity contribution in [3.05, 3.63) is 42.8 Å². The molecular formula is C16H10F6O7S2. The Kier molecular flexibility index (Phi) is 8.34. The third-order valence-corrected chi connectivity index (χ3v) is 5.31. The van der Waals surface area contributed by atoms with Crippen LogP contribution in [-0.2, 0) is 21.8 Å². The van der Waals surface area contributed by atoms with E-state index in [1.807, 2.05) is 0 Å². The maximum atomic E-state index is 12.4. The van der Waals surface area contributed by atoms with Gasteiger partial charge in [0.25, 0.3) is 0 Å². The molecule has 2 aromatic heterocycles. The van der Waals surface area contributed by atoms with Gasteiger partial charge in [-0.05, 0) is 12.1 Å². The fourth-order valence-electron chi connectivity index (χ4n) is 1.87. The van der Waals surface area contributed by atoms with Gasteiger partial charge >= 0.3 is 30.3 Å². The highest BCUT2D eigenvalue weighted by molar-refractivity contribution is 7.16. The monoisotopic (exact) mass is 492 g/mol. The third kappa shape index (κ3) is 6.52. The predicted molar refractivity (Wildman–Crippen MR) is 93.7 cm³/mol. The maximum absolute atomic E-state index is 12.4. The van der Waals surface area contributed by atoms with Crippen LogP contribution >= 0.6 is 22.7 Å². The predicted octanol–water partition coefficient (Wildman–Crippen LogP) is 4.62. The molecule has 170 valence electrons. The third-order valence-electron chi connectivity index (χ3n) is 3.16. The van der Waals surface area contributed by atoms with E-state index in [0.29, 0.717) is 23.5 Å². The molecule has 0 amide bonds. The van der Waals surface area contributed by atoms with Gasteiger partial charge in [-0.3, -0.25) is 4.79 Å². The number of carboxylic acid groups (broad SMARTS) is 1. The van der Waals surface area contributed by atoms with Gasteiger partial charge in [-0.15, -0.1) is 22.7 Å². The summed E-state index contributed by atoms with van der Waals surface area (Å²) < 4.78 is 82.7. The molecule has 0 spiro atoms. The largest absolute Gasteiger partial charge is 0.477 e. The van der Waals surface area contributed by atoms with Gasteiger partial charge in [0.05, 0.1) is 30.2 Å². The molecule has 0 aliphatic carbocycles. The molecule has 7 nitrogen and oxygen atoms in total. The zero-order valence-electron chi connectivity index (χ0n) is 15.2. The van der Waals surface area contributed by atoms with Gasteiger partial charge in [0.2, 0.25) is 0 Å². The summed E-state index contributed by atoms with van der Waals surface area (Å²) in [5.41, 5.74) is -2.43. The fraction of sp³-hybridized carbons (Fsp3) is 0.250. The molecule has 0 radical (unpaired) electrons. The van der Waals surface area contributed by atoms with Crippen molar-refractivity contribution in [2.45, 2.75) is 12.4 Å². The molecule has 0 aliphatic heterocycles. The van der Waals surface area contributed by atoms with Crippen LogP contribution in [0.25, 0.3) is 0 Å². The number of esters is 2. The molecule has 2 aromatic rings. The Hall–Kier alpha value is -2.94. The lowest BCUT2D eigenvalue weighted by Gasteiger charge is -2.05. The zero-order chi connectivity index (χ0) is 24.1. The molecule has 0 fully saturated rings. The number of methoxy groups -OCH3 is 2. The Morgan fingerprint density at radius 2 is 1.29 bits per heavy atom. The molecule has 2 rings (SSSR count). The van der Waals surface area contributed by atoms with E-state index in [1.54, 1.807) is 0 Å². The summed E-state index contributed by atoms with van der Waals surface area (Å²) in [6.45, 7) is 0. The van der Waals surface area contributed by atoms with Crippen molar-refractivity contribution in [3.63, 3.8) is 0 Å². The number of rotatable bonds is 4. The number of aldehydes is 1. The minimum atomic E-state index is -4.78. The second kappa shape index (κ2) is 9.91. The second-order valence-electron chi connectivity index (χ2n) is 5.15. The highest BCUT2D eigenvalue weighted by Gasteiger charge is 2.39. The van der Waals surface area contributed by atoms with Crippen molar-refractivity contribution >= 4 is 46.9 Å². The van der Waals surface area contributed by atoms with Crippen LogP contribution in [0.4, 0.5) is 26.3 Å². The highest BCUT2D eigenvalue weighted by Crippen LogP contribution is 2.38. The summed E-state index contributed by atoms with van der Waals surface area (Å²) in [6, 6.07) is 1.04. The highest BCUT2D eigenvalue weighted by atomic mass is 32.1. The van der Waals surface area contributed by atoms with Crippen molar-refractivity contribution in [3.8, 4) is 0 Å². The molecule has 1 N–H and O–H groups in total. The first-order valence-corrected chi connectivity index (χ1v) is 9.07. The molecule has 0 atom stereocenters. The van der Waals surface area contributed by atoms with Gasteiger partial charge in [-0.2, -0.15) is 26.3 Å². The van der Waals surface area contributed by atoms with E-state index in [4.69, 9.17) is 5.11 Å². The average molecular weight is 492 g/mol. The second-order valence-corrected chi connectivity index (χ2v) is 7.28. The average Bonchev–Trinajstić information content (AvgIpc) is 3.31. The van der Waals surface area contributed by atoms with Gasteiger partial charge in [-0.1, -0.05) is 0 Å². The summed E-state index contributed by atoms with van der Waals surface area (Å²) in [7, 11) is 1.89. The lowest BCUT2D eigenvalue weighted by atomic mass is 10.2. The van der Waals surface area contributed by atoms with Gasteiger partial charge < -0.3 is 14.6 Å². The van der Waals surface area contributed by atoms with Crippen molar-refractivity contribution in [2.24, 2.45) is 0 Å². The number of hydrogen-bond acceptors (Lipinski definition) is 8. The van der Waals surface area contributed by atoms with Gasteiger partial charge in [0.1, 0.15) is 14.6 Å². The van der Waals surface area contributed by atoms with Crippen molar-refractivity contribution in [1.29, 1.82) is 0 Å². The molecule has 2 heterocycles. The molecule has 0 saturated carbocycles. The van der Waals surface area contributed by atoms with Crippen LogP contribution in [0.15, 0.2) is 12.1 Å². The van der Waals surface area contributed by atoms with E-state index in [1.165, 1.54) is 0 Å². The minimum Gasteiger partial charge on any atom is -0.477 e. The normalized spacial score (nSPS) is 11.2. The molecule has 31 heavy (non-hydrogen) atoms. The lowest BCUT2D eigenvalue weighted by molar-refractivity contribution is -0.138. The molecule has 0 bridgehead atoms. The van der Waals surface area contributed by atoms with Gasteiger partial charge in [0.15, 0.2) is 6.29 Å². The summed E-state index contributed by atoms with van der Waals surface area (Å²) >= 11 is 0.690. The number of halogens is 6. The Morgan fingerprint density at radius 3 is 1.65 bits per heavy atom. The van der Waals surface area contributed by atoms with Crippen molar-refractivity contribution in [2.75, 3.05) is 14.2 Å². The number of alkyl halides is 6. The van der Waals surface area contributed by atoms with Crippen LogP contribution in [0.3, 0.4) is 0 Å². The number of thiophene rings is 2. The maximum Gasteiger partial charge on any atom is 0.418 e. The quantitative estimate of drug-likeness (QED) is 0.377.